The van der Waals surface area contributed by atoms with Crippen LogP contribution in [0.3, 0.4) is 0 Å². The second kappa shape index (κ2) is 7.31. The van der Waals surface area contributed by atoms with E-state index in [0.29, 0.717) is 0 Å². The summed E-state index contributed by atoms with van der Waals surface area (Å²) in [6.45, 7) is -1.01. The van der Waals surface area contributed by atoms with Gasteiger partial charge in [0.15, 0.2) is 0 Å². The van der Waals surface area contributed by atoms with Gasteiger partial charge in [0.2, 0.25) is 5.79 Å². The van der Waals surface area contributed by atoms with Crippen molar-refractivity contribution in [3.8, 4) is 0 Å². The molecule has 1 aliphatic heterocycles. The maximum Gasteiger partial charge on any atom is 0.321 e. The van der Waals surface area contributed by atoms with Crippen LogP contribution in [0.5, 0.6) is 0 Å². The van der Waals surface area contributed by atoms with Crippen LogP contribution in [0.25, 0.3) is 10.9 Å². The summed E-state index contributed by atoms with van der Waals surface area (Å²) in [5.41, 5.74) is 1.67. The van der Waals surface area contributed by atoms with Crippen molar-refractivity contribution in [2.24, 2.45) is 0 Å². The van der Waals surface area contributed by atoms with Gasteiger partial charge in [-0.2, -0.15) is 0 Å². The van der Waals surface area contributed by atoms with E-state index < -0.39 is 49.3 Å². The first-order valence-electron chi connectivity index (χ1n) is 8.24. The normalized spacial score (nSPS) is 29.9. The Labute approximate surface area is 148 Å². The third kappa shape index (κ3) is 3.45. The minimum Gasteiger partial charge on any atom is -0.480 e. The zero-order chi connectivity index (χ0) is 18.9. The molecule has 1 fully saturated rings. The molecule has 9 nitrogen and oxygen atoms in total. The Kier molecular flexibility index (Phi) is 5.28. The average molecular weight is 366 g/mol. The molecule has 0 radical (unpaired) electrons. The Bertz CT molecular complexity index is 779. The number of aliphatic hydroxyl groups excluding tert-OH is 3. The zero-order valence-corrected chi connectivity index (χ0v) is 13.9. The lowest BCUT2D eigenvalue weighted by atomic mass is 10.0. The fraction of sp³-hybridized carbons (Fsp3) is 0.471. The summed E-state index contributed by atoms with van der Waals surface area (Å²) in [6.07, 6.45) is -2.42. The molecule has 0 amide bonds. The van der Waals surface area contributed by atoms with Crippen LogP contribution in [0.2, 0.25) is 0 Å². The second-order valence-electron chi connectivity index (χ2n) is 6.45. The van der Waals surface area contributed by atoms with Crippen LogP contribution in [0.15, 0.2) is 30.5 Å². The number of fused-ring (bicyclic) bond motifs is 1. The predicted molar refractivity (Wildman–Crippen MR) is 90.4 cm³/mol. The van der Waals surface area contributed by atoms with E-state index in [2.05, 4.69) is 10.3 Å². The number of nitrogens with one attached hydrogen (secondary N) is 2. The van der Waals surface area contributed by atoms with Gasteiger partial charge in [-0.15, -0.1) is 0 Å². The number of para-hydroxylation sites is 1. The molecular weight excluding hydrogens is 344 g/mol. The number of H-pyrrole nitrogens is 1. The van der Waals surface area contributed by atoms with Gasteiger partial charge in [-0.3, -0.25) is 10.1 Å². The molecule has 3 rings (SSSR count). The molecule has 0 bridgehead atoms. The van der Waals surface area contributed by atoms with E-state index >= 15 is 0 Å². The SMILES string of the molecule is O=C(O)C(Cc1c[nH]c2ccccc12)NC[C@@]1(O)O[C@H](CO)[C@@H](O)[C@@H]1O. The van der Waals surface area contributed by atoms with E-state index in [0.717, 1.165) is 16.5 Å². The summed E-state index contributed by atoms with van der Waals surface area (Å²) < 4.78 is 5.10. The first-order valence-corrected chi connectivity index (χ1v) is 8.24. The lowest BCUT2D eigenvalue weighted by molar-refractivity contribution is -0.227. The van der Waals surface area contributed by atoms with E-state index in [4.69, 9.17) is 9.84 Å². The molecule has 1 saturated heterocycles. The maximum atomic E-state index is 11.6. The number of aromatic nitrogens is 1. The Morgan fingerprint density at radius 2 is 2.08 bits per heavy atom. The smallest absolute Gasteiger partial charge is 0.321 e. The van der Waals surface area contributed by atoms with Crippen molar-refractivity contribution in [3.63, 3.8) is 0 Å². The monoisotopic (exact) mass is 366 g/mol. The van der Waals surface area contributed by atoms with Crippen molar-refractivity contribution in [1.29, 1.82) is 0 Å². The second-order valence-corrected chi connectivity index (χ2v) is 6.45. The maximum absolute atomic E-state index is 11.6. The van der Waals surface area contributed by atoms with Crippen LogP contribution in [0, 0.1) is 0 Å². The number of aliphatic hydroxyl groups is 4. The van der Waals surface area contributed by atoms with Crippen LogP contribution >= 0.6 is 0 Å². The van der Waals surface area contributed by atoms with Crippen molar-refractivity contribution >= 4 is 16.9 Å². The van der Waals surface area contributed by atoms with Crippen molar-refractivity contribution in [2.45, 2.75) is 36.6 Å². The Morgan fingerprint density at radius 3 is 2.73 bits per heavy atom. The number of carbonyl (C=O) groups is 1. The van der Waals surface area contributed by atoms with E-state index in [-0.39, 0.29) is 6.42 Å². The number of benzene rings is 1. The number of carboxylic acids is 1. The number of aliphatic carboxylic acids is 1. The van der Waals surface area contributed by atoms with Gasteiger partial charge in [0.25, 0.3) is 0 Å². The molecule has 0 saturated carbocycles. The average Bonchev–Trinajstić information content (AvgIpc) is 3.13. The van der Waals surface area contributed by atoms with E-state index in [1.165, 1.54) is 0 Å². The number of hydrogen-bond donors (Lipinski definition) is 7. The fourth-order valence-electron chi connectivity index (χ4n) is 3.20. The van der Waals surface area contributed by atoms with Gasteiger partial charge in [-0.1, -0.05) is 18.2 Å². The summed E-state index contributed by atoms with van der Waals surface area (Å²) in [6, 6.07) is 6.42. The van der Waals surface area contributed by atoms with Gasteiger partial charge < -0.3 is 35.3 Å². The number of aromatic amines is 1. The quantitative estimate of drug-likeness (QED) is 0.314. The molecule has 5 atom stereocenters. The molecular formula is C17H22N2O7. The standard InChI is InChI=1S/C17H22N2O7/c20-7-13-14(21)15(22)17(25,26-13)8-19-12(16(23)24)5-9-6-18-11-4-2-1-3-10(9)11/h1-4,6,12-15,18-22,25H,5,7-8H2,(H,23,24)/t12?,13-,14-,15+,17-/m1/s1. The topological polar surface area (TPSA) is 155 Å². The van der Waals surface area contributed by atoms with Gasteiger partial charge in [0.05, 0.1) is 13.2 Å². The third-order valence-corrected chi connectivity index (χ3v) is 4.70. The molecule has 1 unspecified atom stereocenters. The molecule has 0 spiro atoms. The van der Waals surface area contributed by atoms with E-state index in [1.807, 2.05) is 24.3 Å². The van der Waals surface area contributed by atoms with Crippen LogP contribution in [-0.4, -0.2) is 79.8 Å². The first kappa shape index (κ1) is 18.8. The highest BCUT2D eigenvalue weighted by Crippen LogP contribution is 2.29. The van der Waals surface area contributed by atoms with Gasteiger partial charge >= 0.3 is 5.97 Å². The summed E-state index contributed by atoms with van der Waals surface area (Å²) >= 11 is 0. The minimum absolute atomic E-state index is 0.136. The summed E-state index contributed by atoms with van der Waals surface area (Å²) in [7, 11) is 0. The van der Waals surface area contributed by atoms with E-state index in [1.54, 1.807) is 6.20 Å². The largest absolute Gasteiger partial charge is 0.480 e. The Morgan fingerprint density at radius 1 is 1.35 bits per heavy atom. The van der Waals surface area contributed by atoms with Gasteiger partial charge in [0, 0.05) is 23.5 Å². The Hall–Kier alpha value is -2.01. The number of ether oxygens (including phenoxy) is 1. The zero-order valence-electron chi connectivity index (χ0n) is 13.9. The van der Waals surface area contributed by atoms with Gasteiger partial charge in [-0.05, 0) is 11.6 Å². The van der Waals surface area contributed by atoms with Gasteiger partial charge in [0.1, 0.15) is 24.4 Å². The molecule has 142 valence electrons. The first-order chi connectivity index (χ1) is 12.4. The van der Waals surface area contributed by atoms with Crippen LogP contribution in [0.4, 0.5) is 0 Å². The van der Waals surface area contributed by atoms with E-state index in [9.17, 15) is 25.2 Å². The van der Waals surface area contributed by atoms with Crippen molar-refractivity contribution in [2.75, 3.05) is 13.2 Å². The summed E-state index contributed by atoms with van der Waals surface area (Å²) in [4.78, 5) is 14.7. The van der Waals surface area contributed by atoms with Crippen LogP contribution in [-0.2, 0) is 16.0 Å². The summed E-state index contributed by atoms with van der Waals surface area (Å²) in [5, 5.41) is 52.2. The van der Waals surface area contributed by atoms with Crippen LogP contribution < -0.4 is 5.32 Å². The molecule has 0 aliphatic carbocycles. The number of hydrogen-bond acceptors (Lipinski definition) is 7. The highest BCUT2D eigenvalue weighted by molar-refractivity contribution is 5.84. The molecule has 26 heavy (non-hydrogen) atoms. The molecule has 2 aromatic rings. The highest BCUT2D eigenvalue weighted by atomic mass is 16.7. The molecule has 7 N–H and O–H groups in total. The Balaban J connectivity index is 1.71. The van der Waals surface area contributed by atoms with Crippen molar-refractivity contribution in [3.05, 3.63) is 36.0 Å². The van der Waals surface area contributed by atoms with Crippen molar-refractivity contribution in [1.82, 2.24) is 10.3 Å². The predicted octanol–water partition coefficient (Wildman–Crippen LogP) is -1.45. The molecule has 1 aliphatic rings. The number of rotatable bonds is 7. The summed E-state index contributed by atoms with van der Waals surface area (Å²) in [5.74, 6) is -3.33. The lowest BCUT2D eigenvalue weighted by Gasteiger charge is -2.28. The molecule has 2 heterocycles. The lowest BCUT2D eigenvalue weighted by Crippen LogP contribution is -2.54. The molecule has 1 aromatic heterocycles. The van der Waals surface area contributed by atoms with Crippen LogP contribution in [0.1, 0.15) is 5.56 Å². The fourth-order valence-corrected chi connectivity index (χ4v) is 3.20. The molecule has 9 heteroatoms. The molecule has 1 aromatic carbocycles. The third-order valence-electron chi connectivity index (χ3n) is 4.70. The van der Waals surface area contributed by atoms with Gasteiger partial charge in [-0.25, -0.2) is 0 Å². The van der Waals surface area contributed by atoms with Crippen molar-refractivity contribution < 1.29 is 35.1 Å². The highest BCUT2D eigenvalue weighted by Gasteiger charge is 2.53. The minimum atomic E-state index is -2.19. The number of carboxylic acid groups (broad SMARTS) is 1.